The second-order valence-electron chi connectivity index (χ2n) is 4.16. The molecule has 3 nitrogen and oxygen atoms in total. The zero-order valence-corrected chi connectivity index (χ0v) is 11.1. The van der Waals surface area contributed by atoms with E-state index >= 15 is 0 Å². The Morgan fingerprint density at radius 1 is 1.22 bits per heavy atom. The number of pyridine rings is 1. The number of aromatic nitrogens is 2. The molecule has 0 bridgehead atoms. The number of rotatable bonds is 2. The van der Waals surface area contributed by atoms with E-state index in [1.807, 2.05) is 41.1 Å². The van der Waals surface area contributed by atoms with Gasteiger partial charge in [-0.2, -0.15) is 0 Å². The molecule has 0 atom stereocenters. The molecule has 18 heavy (non-hydrogen) atoms. The largest absolute Gasteiger partial charge is 0.508 e. The fourth-order valence-electron chi connectivity index (χ4n) is 2.00. The number of phenolic OH excluding ortho intramolecular Hbond substituents is 1. The number of benzene rings is 1. The minimum Gasteiger partial charge on any atom is -0.508 e. The number of hydrogen-bond acceptors (Lipinski definition) is 2. The first kappa shape index (κ1) is 11.3. The zero-order chi connectivity index (χ0) is 12.5. The Morgan fingerprint density at radius 2 is 2.11 bits per heavy atom. The van der Waals surface area contributed by atoms with Crippen LogP contribution in [0.25, 0.3) is 5.52 Å². The van der Waals surface area contributed by atoms with Gasteiger partial charge in [-0.25, -0.2) is 4.98 Å². The fraction of sp³-hybridized carbons (Fsp3) is 0.0714. The molecule has 0 aliphatic heterocycles. The van der Waals surface area contributed by atoms with Gasteiger partial charge in [0.25, 0.3) is 0 Å². The average molecular weight is 303 g/mol. The summed E-state index contributed by atoms with van der Waals surface area (Å²) in [4.78, 5) is 4.42. The molecule has 0 radical (unpaired) electrons. The van der Waals surface area contributed by atoms with Crippen LogP contribution in [0.2, 0.25) is 0 Å². The predicted octanol–water partition coefficient (Wildman–Crippen LogP) is 3.39. The molecule has 1 N–H and O–H groups in total. The summed E-state index contributed by atoms with van der Waals surface area (Å²) in [7, 11) is 0. The van der Waals surface area contributed by atoms with Gasteiger partial charge in [-0.05, 0) is 45.8 Å². The summed E-state index contributed by atoms with van der Waals surface area (Å²) in [5.74, 6) is 1.24. The molecule has 3 rings (SSSR count). The maximum Gasteiger partial charge on any atom is 0.117 e. The van der Waals surface area contributed by atoms with Crippen molar-refractivity contribution in [3.63, 3.8) is 0 Å². The molecule has 1 aromatic carbocycles. The molecule has 0 unspecified atom stereocenters. The Kier molecular flexibility index (Phi) is 2.80. The van der Waals surface area contributed by atoms with Crippen LogP contribution < -0.4 is 0 Å². The lowest BCUT2D eigenvalue weighted by Crippen LogP contribution is -1.96. The molecule has 2 aromatic heterocycles. The van der Waals surface area contributed by atoms with E-state index in [1.54, 1.807) is 12.1 Å². The third-order valence-corrected chi connectivity index (χ3v) is 3.31. The Balaban J connectivity index is 2.02. The number of aromatic hydroxyl groups is 1. The van der Waals surface area contributed by atoms with Crippen molar-refractivity contribution in [1.29, 1.82) is 0 Å². The van der Waals surface area contributed by atoms with Gasteiger partial charge in [-0.3, -0.25) is 0 Å². The molecular formula is C14H11BrN2O. The summed E-state index contributed by atoms with van der Waals surface area (Å²) in [5, 5.41) is 9.46. The highest BCUT2D eigenvalue weighted by atomic mass is 79.9. The summed E-state index contributed by atoms with van der Waals surface area (Å²) < 4.78 is 3.07. The van der Waals surface area contributed by atoms with Crippen LogP contribution in [0.1, 0.15) is 11.4 Å². The molecule has 0 amide bonds. The highest BCUT2D eigenvalue weighted by Crippen LogP contribution is 2.18. The van der Waals surface area contributed by atoms with Gasteiger partial charge >= 0.3 is 0 Å². The molecule has 90 valence electrons. The third kappa shape index (κ3) is 2.11. The van der Waals surface area contributed by atoms with E-state index in [-0.39, 0.29) is 5.75 Å². The molecule has 2 heterocycles. The lowest BCUT2D eigenvalue weighted by Gasteiger charge is -2.03. The summed E-state index contributed by atoms with van der Waals surface area (Å²) in [5.41, 5.74) is 2.11. The van der Waals surface area contributed by atoms with Gasteiger partial charge in [0.15, 0.2) is 0 Å². The number of nitrogens with zero attached hydrogens (tertiary/aromatic N) is 2. The van der Waals surface area contributed by atoms with Crippen LogP contribution in [-0.4, -0.2) is 14.5 Å². The van der Waals surface area contributed by atoms with Crippen LogP contribution in [0.15, 0.2) is 53.3 Å². The van der Waals surface area contributed by atoms with Crippen LogP contribution in [0.3, 0.4) is 0 Å². The van der Waals surface area contributed by atoms with Crippen molar-refractivity contribution in [2.75, 3.05) is 0 Å². The van der Waals surface area contributed by atoms with E-state index in [0.29, 0.717) is 6.42 Å². The molecule has 0 aliphatic rings. The van der Waals surface area contributed by atoms with E-state index in [0.717, 1.165) is 21.4 Å². The van der Waals surface area contributed by atoms with Crippen molar-refractivity contribution < 1.29 is 5.11 Å². The van der Waals surface area contributed by atoms with E-state index in [9.17, 15) is 5.11 Å². The van der Waals surface area contributed by atoms with Crippen molar-refractivity contribution in [2.45, 2.75) is 6.42 Å². The normalized spacial score (nSPS) is 10.9. The standard InChI is InChI=1S/C14H11BrN2O/c15-11-4-5-12-8-16-14(17(12)9-11)7-10-2-1-3-13(18)6-10/h1-6,8-9,18H,7H2. The first-order valence-corrected chi connectivity index (χ1v) is 6.41. The summed E-state index contributed by atoms with van der Waals surface area (Å²) in [6.07, 6.45) is 4.55. The van der Waals surface area contributed by atoms with Gasteiger partial charge in [0.1, 0.15) is 11.6 Å². The average Bonchev–Trinajstić information content (AvgIpc) is 2.72. The van der Waals surface area contributed by atoms with Crippen LogP contribution in [0.4, 0.5) is 0 Å². The lowest BCUT2D eigenvalue weighted by atomic mass is 10.1. The quantitative estimate of drug-likeness (QED) is 0.788. The van der Waals surface area contributed by atoms with Crippen LogP contribution in [0, 0.1) is 0 Å². The maximum absolute atomic E-state index is 9.46. The number of fused-ring (bicyclic) bond motifs is 1. The SMILES string of the molecule is Oc1cccc(Cc2ncc3ccc(Br)cn23)c1. The van der Waals surface area contributed by atoms with Gasteiger partial charge in [0, 0.05) is 17.1 Å². The molecule has 0 aliphatic carbocycles. The number of phenols is 1. The van der Waals surface area contributed by atoms with Crippen molar-refractivity contribution >= 4 is 21.4 Å². The van der Waals surface area contributed by atoms with Gasteiger partial charge in [-0.15, -0.1) is 0 Å². The Morgan fingerprint density at radius 3 is 2.94 bits per heavy atom. The first-order chi connectivity index (χ1) is 8.72. The van der Waals surface area contributed by atoms with Gasteiger partial charge in [0.2, 0.25) is 0 Å². The van der Waals surface area contributed by atoms with Crippen molar-refractivity contribution in [3.05, 3.63) is 64.7 Å². The van der Waals surface area contributed by atoms with Crippen LogP contribution >= 0.6 is 15.9 Å². The molecule has 3 aromatic rings. The second kappa shape index (κ2) is 4.46. The molecule has 0 saturated heterocycles. The van der Waals surface area contributed by atoms with Gasteiger partial charge in [-0.1, -0.05) is 12.1 Å². The predicted molar refractivity (Wildman–Crippen MR) is 73.8 cm³/mol. The molecule has 4 heteroatoms. The summed E-state index contributed by atoms with van der Waals surface area (Å²) in [6.45, 7) is 0. The highest BCUT2D eigenvalue weighted by Gasteiger charge is 2.05. The van der Waals surface area contributed by atoms with Crippen molar-refractivity contribution in [2.24, 2.45) is 0 Å². The van der Waals surface area contributed by atoms with E-state index < -0.39 is 0 Å². The number of imidazole rings is 1. The zero-order valence-electron chi connectivity index (χ0n) is 9.55. The Hall–Kier alpha value is -1.81. The summed E-state index contributed by atoms with van der Waals surface area (Å²) >= 11 is 3.46. The highest BCUT2D eigenvalue weighted by molar-refractivity contribution is 9.10. The van der Waals surface area contributed by atoms with Crippen molar-refractivity contribution in [1.82, 2.24) is 9.38 Å². The number of hydrogen-bond donors (Lipinski definition) is 1. The lowest BCUT2D eigenvalue weighted by molar-refractivity contribution is 0.474. The van der Waals surface area contributed by atoms with Crippen LogP contribution in [0.5, 0.6) is 5.75 Å². The Bertz CT molecular complexity index is 706. The maximum atomic E-state index is 9.46. The first-order valence-electron chi connectivity index (χ1n) is 5.62. The van der Waals surface area contributed by atoms with Crippen LogP contribution in [-0.2, 0) is 6.42 Å². The Labute approximate surface area is 113 Å². The van der Waals surface area contributed by atoms with Gasteiger partial charge < -0.3 is 9.51 Å². The molecule has 0 spiro atoms. The fourth-order valence-corrected chi connectivity index (χ4v) is 2.33. The number of halogens is 1. The molecular weight excluding hydrogens is 292 g/mol. The summed E-state index contributed by atoms with van der Waals surface area (Å²) in [6, 6.07) is 11.3. The second-order valence-corrected chi connectivity index (χ2v) is 5.08. The van der Waals surface area contributed by atoms with Gasteiger partial charge in [0.05, 0.1) is 11.7 Å². The third-order valence-electron chi connectivity index (χ3n) is 2.84. The topological polar surface area (TPSA) is 37.5 Å². The van der Waals surface area contributed by atoms with Crippen molar-refractivity contribution in [3.8, 4) is 5.75 Å². The van der Waals surface area contributed by atoms with E-state index in [4.69, 9.17) is 0 Å². The molecule has 0 fully saturated rings. The minimum absolute atomic E-state index is 0.287. The monoisotopic (exact) mass is 302 g/mol. The van der Waals surface area contributed by atoms with E-state index in [2.05, 4.69) is 20.9 Å². The van der Waals surface area contributed by atoms with E-state index in [1.165, 1.54) is 0 Å². The minimum atomic E-state index is 0.287. The smallest absolute Gasteiger partial charge is 0.117 e. The molecule has 0 saturated carbocycles.